The van der Waals surface area contributed by atoms with Gasteiger partial charge in [-0.2, -0.15) is 0 Å². The number of pyridine rings is 1. The summed E-state index contributed by atoms with van der Waals surface area (Å²) in [7, 11) is 0. The minimum absolute atomic E-state index is 0.584. The number of aromatic nitrogens is 1. The molecule has 3 heteroatoms. The fourth-order valence-corrected chi connectivity index (χ4v) is 5.68. The molecule has 0 aliphatic carbocycles. The van der Waals surface area contributed by atoms with E-state index in [9.17, 15) is 0 Å². The topological polar surface area (TPSA) is 12.9 Å². The lowest BCUT2D eigenvalue weighted by atomic mass is 9.95. The third kappa shape index (κ3) is 1.78. The third-order valence-corrected chi connectivity index (χ3v) is 6.60. The van der Waals surface area contributed by atoms with Gasteiger partial charge in [-0.15, -0.1) is 11.3 Å². The van der Waals surface area contributed by atoms with Gasteiger partial charge in [0.05, 0.1) is 5.52 Å². The first-order valence-electron chi connectivity index (χ1n) is 8.53. The van der Waals surface area contributed by atoms with Crippen molar-refractivity contribution in [2.24, 2.45) is 0 Å². The Morgan fingerprint density at radius 3 is 2.04 bits per heavy atom. The zero-order valence-corrected chi connectivity index (χ0v) is 15.2. The Bertz CT molecular complexity index is 1500. The lowest BCUT2D eigenvalue weighted by molar-refractivity contribution is 1.45. The lowest BCUT2D eigenvalue weighted by Gasteiger charge is -2.11. The fourth-order valence-electron chi connectivity index (χ4n) is 4.08. The quantitative estimate of drug-likeness (QED) is 0.199. The Morgan fingerprint density at radius 1 is 0.615 bits per heavy atom. The highest BCUT2D eigenvalue weighted by Gasteiger charge is 2.18. The molecular weight excluding hydrogens is 358 g/mol. The lowest BCUT2D eigenvalue weighted by Crippen LogP contribution is -1.87. The van der Waals surface area contributed by atoms with Crippen molar-refractivity contribution in [2.75, 3.05) is 0 Å². The number of thiophene rings is 1. The van der Waals surface area contributed by atoms with E-state index in [1.165, 1.54) is 36.3 Å². The number of halogens is 1. The van der Waals surface area contributed by atoms with Gasteiger partial charge < -0.3 is 0 Å². The van der Waals surface area contributed by atoms with E-state index in [0.29, 0.717) is 5.15 Å². The van der Waals surface area contributed by atoms with Crippen LogP contribution in [0.15, 0.2) is 72.8 Å². The molecule has 0 amide bonds. The fraction of sp³-hybridized carbons (Fsp3) is 0. The molecule has 2 aromatic heterocycles. The largest absolute Gasteiger partial charge is 0.235 e. The molecule has 0 saturated heterocycles. The first kappa shape index (κ1) is 14.5. The zero-order valence-electron chi connectivity index (χ0n) is 13.7. The van der Waals surface area contributed by atoms with Crippen LogP contribution < -0.4 is 0 Å². The van der Waals surface area contributed by atoms with Crippen molar-refractivity contribution in [1.29, 1.82) is 0 Å². The molecule has 26 heavy (non-hydrogen) atoms. The smallest absolute Gasteiger partial charge is 0.139 e. The second kappa shape index (κ2) is 5.16. The molecule has 2 heterocycles. The van der Waals surface area contributed by atoms with Crippen LogP contribution >= 0.6 is 22.9 Å². The summed E-state index contributed by atoms with van der Waals surface area (Å²) in [5.41, 5.74) is 0.940. The molecule has 0 saturated carbocycles. The van der Waals surface area contributed by atoms with Crippen molar-refractivity contribution in [1.82, 2.24) is 4.98 Å². The Labute approximate surface area is 158 Å². The molecule has 6 aromatic rings. The van der Waals surface area contributed by atoms with E-state index in [-0.39, 0.29) is 0 Å². The monoisotopic (exact) mass is 369 g/mol. The Morgan fingerprint density at radius 2 is 1.23 bits per heavy atom. The maximum atomic E-state index is 6.74. The number of hydrogen-bond acceptors (Lipinski definition) is 2. The molecular formula is C23H12ClNS. The highest BCUT2D eigenvalue weighted by molar-refractivity contribution is 7.27. The van der Waals surface area contributed by atoms with Crippen LogP contribution in [0.1, 0.15) is 0 Å². The van der Waals surface area contributed by atoms with Crippen molar-refractivity contribution in [2.45, 2.75) is 0 Å². The van der Waals surface area contributed by atoms with Crippen molar-refractivity contribution in [3.8, 4) is 0 Å². The van der Waals surface area contributed by atoms with E-state index in [0.717, 1.165) is 16.3 Å². The van der Waals surface area contributed by atoms with E-state index < -0.39 is 0 Å². The maximum absolute atomic E-state index is 6.74. The average Bonchev–Trinajstić information content (AvgIpc) is 3.07. The SMILES string of the molecule is Clc1nc2ccccc2c2c3ccccc3c3c4ccccc4sc3c12. The van der Waals surface area contributed by atoms with Crippen LogP contribution in [0.4, 0.5) is 0 Å². The summed E-state index contributed by atoms with van der Waals surface area (Å²) in [6.45, 7) is 0. The predicted molar refractivity (Wildman–Crippen MR) is 115 cm³/mol. The van der Waals surface area contributed by atoms with E-state index in [1.54, 1.807) is 11.3 Å². The minimum Gasteiger partial charge on any atom is -0.235 e. The Hall–Kier alpha value is -2.68. The number of benzene rings is 4. The van der Waals surface area contributed by atoms with Crippen molar-refractivity contribution >= 4 is 75.6 Å². The molecule has 122 valence electrons. The summed E-state index contributed by atoms with van der Waals surface area (Å²) < 4.78 is 2.51. The second-order valence-corrected chi connectivity index (χ2v) is 7.93. The third-order valence-electron chi connectivity index (χ3n) is 5.14. The van der Waals surface area contributed by atoms with Crippen LogP contribution in [-0.4, -0.2) is 4.98 Å². The van der Waals surface area contributed by atoms with Gasteiger partial charge in [-0.05, 0) is 22.9 Å². The average molecular weight is 370 g/mol. The van der Waals surface area contributed by atoms with Gasteiger partial charge in [0.2, 0.25) is 0 Å². The molecule has 4 aromatic carbocycles. The van der Waals surface area contributed by atoms with Crippen molar-refractivity contribution in [3.05, 3.63) is 77.9 Å². The van der Waals surface area contributed by atoms with Gasteiger partial charge in [0.15, 0.2) is 0 Å². The molecule has 0 radical (unpaired) electrons. The first-order chi connectivity index (χ1) is 12.8. The summed E-state index contributed by atoms with van der Waals surface area (Å²) >= 11 is 8.54. The van der Waals surface area contributed by atoms with Gasteiger partial charge in [-0.3, -0.25) is 0 Å². The highest BCUT2D eigenvalue weighted by Crippen LogP contribution is 2.47. The van der Waals surface area contributed by atoms with Crippen LogP contribution in [-0.2, 0) is 0 Å². The molecule has 0 aliphatic rings. The number of nitrogens with zero attached hydrogens (tertiary/aromatic N) is 1. The van der Waals surface area contributed by atoms with Gasteiger partial charge in [-0.1, -0.05) is 72.3 Å². The molecule has 0 N–H and O–H groups in total. The molecule has 0 aliphatic heterocycles. The first-order valence-corrected chi connectivity index (χ1v) is 9.72. The Kier molecular flexibility index (Phi) is 2.88. The summed E-state index contributed by atoms with van der Waals surface area (Å²) in [4.78, 5) is 4.70. The van der Waals surface area contributed by atoms with Gasteiger partial charge in [0, 0.05) is 36.3 Å². The number of para-hydroxylation sites is 1. The molecule has 0 atom stereocenters. The summed E-state index contributed by atoms with van der Waals surface area (Å²) in [5.74, 6) is 0. The number of rotatable bonds is 0. The predicted octanol–water partition coefficient (Wildman–Crippen LogP) is 7.56. The molecule has 0 spiro atoms. The highest BCUT2D eigenvalue weighted by atomic mass is 35.5. The van der Waals surface area contributed by atoms with Crippen LogP contribution in [0.3, 0.4) is 0 Å². The Balaban J connectivity index is 2.08. The summed E-state index contributed by atoms with van der Waals surface area (Å²) in [6.07, 6.45) is 0. The number of hydrogen-bond donors (Lipinski definition) is 0. The standard InChI is InChI=1S/C23H12ClNS/c24-23-21-19(15-9-3-5-11-17(15)25-23)13-7-1-2-8-14(13)20-16-10-4-6-12-18(16)26-22(20)21/h1-12H. The van der Waals surface area contributed by atoms with Gasteiger partial charge >= 0.3 is 0 Å². The molecule has 0 unspecified atom stereocenters. The van der Waals surface area contributed by atoms with Gasteiger partial charge in [-0.25, -0.2) is 4.98 Å². The van der Waals surface area contributed by atoms with E-state index in [1.807, 2.05) is 12.1 Å². The van der Waals surface area contributed by atoms with Crippen LogP contribution in [0.5, 0.6) is 0 Å². The zero-order chi connectivity index (χ0) is 17.3. The normalized spacial score (nSPS) is 12.0. The van der Waals surface area contributed by atoms with E-state index in [4.69, 9.17) is 16.6 Å². The van der Waals surface area contributed by atoms with Crippen LogP contribution in [0, 0.1) is 0 Å². The van der Waals surface area contributed by atoms with Crippen molar-refractivity contribution in [3.63, 3.8) is 0 Å². The van der Waals surface area contributed by atoms with E-state index in [2.05, 4.69) is 60.7 Å². The van der Waals surface area contributed by atoms with Gasteiger partial charge in [0.25, 0.3) is 0 Å². The maximum Gasteiger partial charge on any atom is 0.139 e. The molecule has 0 bridgehead atoms. The van der Waals surface area contributed by atoms with Crippen LogP contribution in [0.25, 0.3) is 52.6 Å². The van der Waals surface area contributed by atoms with Crippen molar-refractivity contribution < 1.29 is 0 Å². The summed E-state index contributed by atoms with van der Waals surface area (Å²) in [6, 6.07) is 25.5. The van der Waals surface area contributed by atoms with Gasteiger partial charge in [0.1, 0.15) is 5.15 Å². The summed E-state index contributed by atoms with van der Waals surface area (Å²) in [5, 5.41) is 9.10. The minimum atomic E-state index is 0.584. The van der Waals surface area contributed by atoms with Crippen LogP contribution in [0.2, 0.25) is 5.15 Å². The molecule has 0 fully saturated rings. The van der Waals surface area contributed by atoms with E-state index >= 15 is 0 Å². The molecule has 6 rings (SSSR count). The number of fused-ring (bicyclic) bond motifs is 10. The second-order valence-electron chi connectivity index (χ2n) is 6.52. The molecule has 1 nitrogen and oxygen atoms in total.